The van der Waals surface area contributed by atoms with Crippen molar-refractivity contribution in [3.8, 4) is 11.5 Å². The highest BCUT2D eigenvalue weighted by Gasteiger charge is 2.12. The molecule has 0 aliphatic rings. The van der Waals surface area contributed by atoms with Crippen molar-refractivity contribution in [2.45, 2.75) is 6.92 Å². The van der Waals surface area contributed by atoms with Gasteiger partial charge in [0.15, 0.2) is 12.5 Å². The first-order chi connectivity index (χ1) is 9.49. The molecular weight excluding hydrogens is 321 g/mol. The Morgan fingerprint density at radius 2 is 1.95 bits per heavy atom. The van der Waals surface area contributed by atoms with Crippen molar-refractivity contribution in [2.24, 2.45) is 0 Å². The quantitative estimate of drug-likeness (QED) is 0.604. The number of halogens is 3. The molecule has 0 heterocycles. The summed E-state index contributed by atoms with van der Waals surface area (Å²) in [6, 6.07) is 8.61. The molecule has 0 aliphatic heterocycles. The van der Waals surface area contributed by atoms with E-state index in [1.54, 1.807) is 37.3 Å². The van der Waals surface area contributed by atoms with Crippen molar-refractivity contribution in [3.63, 3.8) is 0 Å². The van der Waals surface area contributed by atoms with Gasteiger partial charge in [0.2, 0.25) is 0 Å². The Hall–Kier alpha value is -1.29. The van der Waals surface area contributed by atoms with E-state index in [4.69, 9.17) is 39.5 Å². The van der Waals surface area contributed by atoms with Gasteiger partial charge in [-0.1, -0.05) is 40.9 Å². The molecule has 2 aromatic rings. The predicted molar refractivity (Wildman–Crippen MR) is 83.4 cm³/mol. The number of hydrogen-bond acceptors (Lipinski definition) is 3. The molecule has 2 aromatic carbocycles. The fourth-order valence-electron chi connectivity index (χ4n) is 1.59. The summed E-state index contributed by atoms with van der Waals surface area (Å²) < 4.78 is 5.46. The molecule has 0 amide bonds. The third kappa shape index (κ3) is 3.42. The van der Waals surface area contributed by atoms with Crippen molar-refractivity contribution >= 4 is 40.5 Å². The van der Waals surface area contributed by atoms with E-state index in [1.165, 1.54) is 0 Å². The maximum atomic E-state index is 9.91. The van der Waals surface area contributed by atoms with Gasteiger partial charge in [0, 0.05) is 10.0 Å². The van der Waals surface area contributed by atoms with E-state index in [-0.39, 0.29) is 17.5 Å². The standard InChI is InChI=1S/C14H12Cl3NO2/c1-8-11(16)6-12(14(19)13(8)17)18-7-20-10-4-2-3-9(15)5-10/h2-6,18-19H,7H2,1H3. The zero-order chi connectivity index (χ0) is 14.7. The van der Waals surface area contributed by atoms with Crippen LogP contribution >= 0.6 is 34.8 Å². The van der Waals surface area contributed by atoms with Crippen molar-refractivity contribution in [1.82, 2.24) is 0 Å². The van der Waals surface area contributed by atoms with Crippen LogP contribution < -0.4 is 10.1 Å². The molecule has 2 rings (SSSR count). The van der Waals surface area contributed by atoms with E-state index >= 15 is 0 Å². The van der Waals surface area contributed by atoms with Gasteiger partial charge in [-0.25, -0.2) is 0 Å². The second-order valence-electron chi connectivity index (χ2n) is 4.12. The molecule has 20 heavy (non-hydrogen) atoms. The number of phenols is 1. The second-order valence-corrected chi connectivity index (χ2v) is 5.34. The molecular formula is C14H12Cl3NO2. The molecule has 0 bridgehead atoms. The van der Waals surface area contributed by atoms with Gasteiger partial charge in [-0.05, 0) is 36.8 Å². The van der Waals surface area contributed by atoms with Gasteiger partial charge in [0.1, 0.15) is 5.75 Å². The molecule has 0 aliphatic carbocycles. The van der Waals surface area contributed by atoms with E-state index in [0.29, 0.717) is 27.0 Å². The van der Waals surface area contributed by atoms with E-state index in [9.17, 15) is 5.11 Å². The number of benzene rings is 2. The maximum Gasteiger partial charge on any atom is 0.159 e. The Balaban J connectivity index is 2.05. The Morgan fingerprint density at radius 1 is 1.20 bits per heavy atom. The van der Waals surface area contributed by atoms with Gasteiger partial charge in [-0.15, -0.1) is 0 Å². The smallest absolute Gasteiger partial charge is 0.159 e. The summed E-state index contributed by atoms with van der Waals surface area (Å²) in [7, 11) is 0. The zero-order valence-electron chi connectivity index (χ0n) is 10.6. The molecule has 2 N–H and O–H groups in total. The van der Waals surface area contributed by atoms with Gasteiger partial charge in [0.25, 0.3) is 0 Å². The highest BCUT2D eigenvalue weighted by molar-refractivity contribution is 6.37. The van der Waals surface area contributed by atoms with E-state index < -0.39 is 0 Å². The van der Waals surface area contributed by atoms with Crippen LogP contribution in [0.3, 0.4) is 0 Å². The normalized spacial score (nSPS) is 10.4. The predicted octanol–water partition coefficient (Wildman–Crippen LogP) is 5.11. The van der Waals surface area contributed by atoms with Crippen molar-refractivity contribution in [1.29, 1.82) is 0 Å². The van der Waals surface area contributed by atoms with Crippen molar-refractivity contribution in [3.05, 3.63) is 51.0 Å². The maximum absolute atomic E-state index is 9.91. The molecule has 106 valence electrons. The Labute approximate surface area is 132 Å². The fraction of sp³-hybridized carbons (Fsp3) is 0.143. The van der Waals surface area contributed by atoms with Crippen LogP contribution in [0.1, 0.15) is 5.56 Å². The van der Waals surface area contributed by atoms with Crippen molar-refractivity contribution < 1.29 is 9.84 Å². The highest BCUT2D eigenvalue weighted by Crippen LogP contribution is 2.38. The van der Waals surface area contributed by atoms with Crippen LogP contribution in [0.15, 0.2) is 30.3 Å². The summed E-state index contributed by atoms with van der Waals surface area (Å²) >= 11 is 17.8. The number of phenolic OH excluding ortho intramolecular Hbond substituents is 1. The van der Waals surface area contributed by atoms with Gasteiger partial charge < -0.3 is 15.2 Å². The molecule has 0 saturated heterocycles. The fourth-order valence-corrected chi connectivity index (χ4v) is 2.23. The van der Waals surface area contributed by atoms with Crippen LogP contribution in [0.5, 0.6) is 11.5 Å². The number of nitrogens with one attached hydrogen (secondary N) is 1. The van der Waals surface area contributed by atoms with Crippen LogP contribution in [0.4, 0.5) is 5.69 Å². The van der Waals surface area contributed by atoms with Gasteiger partial charge >= 0.3 is 0 Å². The lowest BCUT2D eigenvalue weighted by atomic mass is 10.2. The first kappa shape index (κ1) is 15.1. The topological polar surface area (TPSA) is 41.5 Å². The summed E-state index contributed by atoms with van der Waals surface area (Å²) in [4.78, 5) is 0. The van der Waals surface area contributed by atoms with E-state index in [2.05, 4.69) is 5.32 Å². The molecule has 0 aromatic heterocycles. The zero-order valence-corrected chi connectivity index (χ0v) is 12.9. The summed E-state index contributed by atoms with van der Waals surface area (Å²) in [6.45, 7) is 1.88. The third-order valence-corrected chi connectivity index (χ3v) is 3.81. The Kier molecular flexibility index (Phi) is 4.86. The molecule has 0 unspecified atom stereocenters. The Morgan fingerprint density at radius 3 is 2.65 bits per heavy atom. The minimum atomic E-state index is -0.0525. The first-order valence-electron chi connectivity index (χ1n) is 5.79. The molecule has 0 spiro atoms. The molecule has 0 fully saturated rings. The molecule has 0 atom stereocenters. The van der Waals surface area contributed by atoms with Crippen LogP contribution in [0.2, 0.25) is 15.1 Å². The third-order valence-electron chi connectivity index (χ3n) is 2.72. The van der Waals surface area contributed by atoms with Gasteiger partial charge in [0.05, 0.1) is 10.7 Å². The average Bonchev–Trinajstić information content (AvgIpc) is 2.42. The largest absolute Gasteiger partial charge is 0.504 e. The second kappa shape index (κ2) is 6.44. The highest BCUT2D eigenvalue weighted by atomic mass is 35.5. The monoisotopic (exact) mass is 331 g/mol. The lowest BCUT2D eigenvalue weighted by Crippen LogP contribution is -2.09. The molecule has 0 radical (unpaired) electrons. The number of aromatic hydroxyl groups is 1. The lowest BCUT2D eigenvalue weighted by molar-refractivity contribution is 0.345. The summed E-state index contributed by atoms with van der Waals surface area (Å²) in [5.74, 6) is 0.567. The summed E-state index contributed by atoms with van der Waals surface area (Å²) in [5, 5.41) is 14.1. The van der Waals surface area contributed by atoms with Crippen LogP contribution in [0.25, 0.3) is 0 Å². The molecule has 3 nitrogen and oxygen atoms in total. The number of ether oxygens (including phenoxy) is 1. The lowest BCUT2D eigenvalue weighted by Gasteiger charge is -2.13. The van der Waals surface area contributed by atoms with Crippen LogP contribution in [-0.4, -0.2) is 11.8 Å². The Bertz CT molecular complexity index is 632. The minimum Gasteiger partial charge on any atom is -0.504 e. The number of anilines is 1. The average molecular weight is 333 g/mol. The molecule has 0 saturated carbocycles. The van der Waals surface area contributed by atoms with Crippen LogP contribution in [0, 0.1) is 6.92 Å². The first-order valence-corrected chi connectivity index (χ1v) is 6.92. The molecule has 6 heteroatoms. The van der Waals surface area contributed by atoms with Crippen molar-refractivity contribution in [2.75, 3.05) is 12.0 Å². The SMILES string of the molecule is Cc1c(Cl)cc(NCOc2cccc(Cl)c2)c(O)c1Cl. The number of rotatable bonds is 4. The van der Waals surface area contributed by atoms with Gasteiger partial charge in [-0.3, -0.25) is 0 Å². The van der Waals surface area contributed by atoms with E-state index in [0.717, 1.165) is 0 Å². The van der Waals surface area contributed by atoms with E-state index in [1.807, 2.05) is 0 Å². The number of hydrogen-bond donors (Lipinski definition) is 2. The minimum absolute atomic E-state index is 0.0525. The summed E-state index contributed by atoms with van der Waals surface area (Å²) in [5.41, 5.74) is 1.04. The van der Waals surface area contributed by atoms with Gasteiger partial charge in [-0.2, -0.15) is 0 Å². The summed E-state index contributed by atoms with van der Waals surface area (Å²) in [6.07, 6.45) is 0. The van der Waals surface area contributed by atoms with Crippen LogP contribution in [-0.2, 0) is 0 Å².